The first kappa shape index (κ1) is 13.0. The molecule has 0 amide bonds. The zero-order chi connectivity index (χ0) is 10.8. The van der Waals surface area contributed by atoms with Gasteiger partial charge in [0.2, 0.25) is 0 Å². The van der Waals surface area contributed by atoms with E-state index in [9.17, 15) is 0 Å². The molecular weight excluding hydrogens is 186 g/mol. The van der Waals surface area contributed by atoms with Crippen LogP contribution in [0.15, 0.2) is 0 Å². The summed E-state index contributed by atoms with van der Waals surface area (Å²) in [5.74, 6) is 0. The molecule has 1 aliphatic rings. The molecule has 90 valence electrons. The van der Waals surface area contributed by atoms with E-state index in [1.165, 1.54) is 51.4 Å². The summed E-state index contributed by atoms with van der Waals surface area (Å²) >= 11 is 0. The molecule has 0 spiro atoms. The zero-order valence-electron chi connectivity index (χ0n) is 10.3. The number of unbranched alkanes of at least 4 members (excludes halogenated alkanes) is 3. The van der Waals surface area contributed by atoms with Crippen LogP contribution in [0.4, 0.5) is 0 Å². The predicted octanol–water partition coefficient (Wildman–Crippen LogP) is 3.12. The van der Waals surface area contributed by atoms with Crippen LogP contribution in [-0.4, -0.2) is 25.8 Å². The first-order valence-corrected chi connectivity index (χ1v) is 6.76. The second kappa shape index (κ2) is 9.17. The minimum atomic E-state index is 0.576. The summed E-state index contributed by atoms with van der Waals surface area (Å²) in [6.07, 6.45) is 11.3. The lowest BCUT2D eigenvalue weighted by atomic mass is 10.2. The summed E-state index contributed by atoms with van der Waals surface area (Å²) < 4.78 is 5.77. The number of hydrogen-bond donors (Lipinski definition) is 1. The molecule has 2 heteroatoms. The van der Waals surface area contributed by atoms with Crippen molar-refractivity contribution in [2.24, 2.45) is 0 Å². The van der Waals surface area contributed by atoms with Crippen LogP contribution in [0.2, 0.25) is 0 Å². The number of hydrogen-bond acceptors (Lipinski definition) is 2. The lowest BCUT2D eigenvalue weighted by Crippen LogP contribution is -2.23. The number of rotatable bonds is 9. The molecule has 0 bridgehead atoms. The summed E-state index contributed by atoms with van der Waals surface area (Å²) in [5, 5.41) is 3.44. The summed E-state index contributed by atoms with van der Waals surface area (Å²) in [6.45, 7) is 5.35. The van der Waals surface area contributed by atoms with Gasteiger partial charge in [-0.05, 0) is 25.8 Å². The third-order valence-electron chi connectivity index (χ3n) is 3.14. The standard InChI is InChI=1S/C13H27NO/c1-2-3-4-7-10-14-11-12-15-13-8-5-6-9-13/h13-14H,2-12H2,1H3. The predicted molar refractivity (Wildman–Crippen MR) is 65.2 cm³/mol. The van der Waals surface area contributed by atoms with Crippen LogP contribution in [-0.2, 0) is 4.74 Å². The van der Waals surface area contributed by atoms with Gasteiger partial charge in [-0.15, -0.1) is 0 Å². The molecular formula is C13H27NO. The molecule has 15 heavy (non-hydrogen) atoms. The summed E-state index contributed by atoms with van der Waals surface area (Å²) in [7, 11) is 0. The van der Waals surface area contributed by atoms with Gasteiger partial charge in [-0.1, -0.05) is 39.0 Å². The van der Waals surface area contributed by atoms with Crippen molar-refractivity contribution in [3.63, 3.8) is 0 Å². The SMILES string of the molecule is CCCCCCNCCOC1CCCC1. The number of nitrogens with one attached hydrogen (secondary N) is 1. The fraction of sp³-hybridized carbons (Fsp3) is 1.00. The van der Waals surface area contributed by atoms with Gasteiger partial charge in [0, 0.05) is 6.54 Å². The average molecular weight is 213 g/mol. The minimum absolute atomic E-state index is 0.576. The van der Waals surface area contributed by atoms with E-state index in [1.54, 1.807) is 0 Å². The quantitative estimate of drug-likeness (QED) is 0.594. The lowest BCUT2D eigenvalue weighted by molar-refractivity contribution is 0.0604. The number of ether oxygens (including phenoxy) is 1. The molecule has 0 aromatic carbocycles. The molecule has 0 atom stereocenters. The molecule has 0 saturated heterocycles. The van der Waals surface area contributed by atoms with Gasteiger partial charge in [0.25, 0.3) is 0 Å². The lowest BCUT2D eigenvalue weighted by Gasteiger charge is -2.11. The summed E-state index contributed by atoms with van der Waals surface area (Å²) in [5.41, 5.74) is 0. The Hall–Kier alpha value is -0.0800. The molecule has 0 unspecified atom stereocenters. The smallest absolute Gasteiger partial charge is 0.0594 e. The van der Waals surface area contributed by atoms with Crippen LogP contribution in [0.1, 0.15) is 58.3 Å². The van der Waals surface area contributed by atoms with Gasteiger partial charge >= 0.3 is 0 Å². The maximum absolute atomic E-state index is 5.77. The largest absolute Gasteiger partial charge is 0.377 e. The molecule has 1 saturated carbocycles. The van der Waals surface area contributed by atoms with Gasteiger partial charge in [0.15, 0.2) is 0 Å². The molecule has 0 aromatic rings. The summed E-state index contributed by atoms with van der Waals surface area (Å²) in [4.78, 5) is 0. The van der Waals surface area contributed by atoms with E-state index in [2.05, 4.69) is 12.2 Å². The average Bonchev–Trinajstić information content (AvgIpc) is 2.75. The molecule has 0 aliphatic heterocycles. The monoisotopic (exact) mass is 213 g/mol. The van der Waals surface area contributed by atoms with Crippen molar-refractivity contribution in [2.45, 2.75) is 64.4 Å². The highest BCUT2D eigenvalue weighted by atomic mass is 16.5. The van der Waals surface area contributed by atoms with Gasteiger partial charge in [0.1, 0.15) is 0 Å². The highest BCUT2D eigenvalue weighted by molar-refractivity contribution is 4.66. The minimum Gasteiger partial charge on any atom is -0.377 e. The van der Waals surface area contributed by atoms with Crippen molar-refractivity contribution in [3.8, 4) is 0 Å². The Labute approximate surface area is 94.8 Å². The molecule has 0 aromatic heterocycles. The summed E-state index contributed by atoms with van der Waals surface area (Å²) in [6, 6.07) is 0. The van der Waals surface area contributed by atoms with Gasteiger partial charge < -0.3 is 10.1 Å². The molecule has 1 rings (SSSR count). The van der Waals surface area contributed by atoms with Crippen molar-refractivity contribution in [3.05, 3.63) is 0 Å². The van der Waals surface area contributed by atoms with Crippen molar-refractivity contribution < 1.29 is 4.74 Å². The maximum atomic E-state index is 5.77. The van der Waals surface area contributed by atoms with Gasteiger partial charge in [-0.2, -0.15) is 0 Å². The second-order valence-corrected chi connectivity index (χ2v) is 4.59. The molecule has 1 aliphatic carbocycles. The highest BCUT2D eigenvalue weighted by Crippen LogP contribution is 2.20. The fourth-order valence-electron chi connectivity index (χ4n) is 2.15. The van der Waals surface area contributed by atoms with Crippen molar-refractivity contribution in [1.82, 2.24) is 5.32 Å². The van der Waals surface area contributed by atoms with Gasteiger partial charge in [-0.25, -0.2) is 0 Å². The maximum Gasteiger partial charge on any atom is 0.0594 e. The zero-order valence-corrected chi connectivity index (χ0v) is 10.3. The van der Waals surface area contributed by atoms with E-state index >= 15 is 0 Å². The Kier molecular flexibility index (Phi) is 7.94. The van der Waals surface area contributed by atoms with Crippen LogP contribution >= 0.6 is 0 Å². The first-order valence-electron chi connectivity index (χ1n) is 6.76. The Balaban J connectivity index is 1.73. The third-order valence-corrected chi connectivity index (χ3v) is 3.14. The highest BCUT2D eigenvalue weighted by Gasteiger charge is 2.14. The van der Waals surface area contributed by atoms with E-state index in [1.807, 2.05) is 0 Å². The van der Waals surface area contributed by atoms with Crippen molar-refractivity contribution in [2.75, 3.05) is 19.7 Å². The molecule has 0 heterocycles. The normalized spacial score (nSPS) is 17.4. The van der Waals surface area contributed by atoms with Crippen LogP contribution in [0.3, 0.4) is 0 Å². The van der Waals surface area contributed by atoms with Gasteiger partial charge in [-0.3, -0.25) is 0 Å². The van der Waals surface area contributed by atoms with E-state index < -0.39 is 0 Å². The fourth-order valence-corrected chi connectivity index (χ4v) is 2.15. The Morgan fingerprint density at radius 1 is 1.07 bits per heavy atom. The van der Waals surface area contributed by atoms with Crippen LogP contribution in [0.25, 0.3) is 0 Å². The van der Waals surface area contributed by atoms with Crippen LogP contribution < -0.4 is 5.32 Å². The van der Waals surface area contributed by atoms with Crippen molar-refractivity contribution in [1.29, 1.82) is 0 Å². The molecule has 1 N–H and O–H groups in total. The van der Waals surface area contributed by atoms with E-state index in [-0.39, 0.29) is 0 Å². The van der Waals surface area contributed by atoms with E-state index in [0.717, 1.165) is 19.7 Å². The second-order valence-electron chi connectivity index (χ2n) is 4.59. The first-order chi connectivity index (χ1) is 7.43. The Morgan fingerprint density at radius 3 is 2.60 bits per heavy atom. The van der Waals surface area contributed by atoms with E-state index in [4.69, 9.17) is 4.74 Å². The van der Waals surface area contributed by atoms with Crippen molar-refractivity contribution >= 4 is 0 Å². The molecule has 0 radical (unpaired) electrons. The third kappa shape index (κ3) is 6.91. The topological polar surface area (TPSA) is 21.3 Å². The Morgan fingerprint density at radius 2 is 1.87 bits per heavy atom. The molecule has 1 fully saturated rings. The van der Waals surface area contributed by atoms with Gasteiger partial charge in [0.05, 0.1) is 12.7 Å². The van der Waals surface area contributed by atoms with Crippen LogP contribution in [0, 0.1) is 0 Å². The molecule has 2 nitrogen and oxygen atoms in total. The van der Waals surface area contributed by atoms with E-state index in [0.29, 0.717) is 6.10 Å². The Bertz CT molecular complexity index is 132. The van der Waals surface area contributed by atoms with Crippen LogP contribution in [0.5, 0.6) is 0 Å².